The fourth-order valence-corrected chi connectivity index (χ4v) is 0.919. The summed E-state index contributed by atoms with van der Waals surface area (Å²) in [6, 6.07) is 22.3. The Morgan fingerprint density at radius 2 is 0.857 bits per heavy atom. The molecule has 0 aliphatic rings. The Morgan fingerprint density at radius 3 is 1.07 bits per heavy atom. The Bertz CT molecular complexity index is 276. The SMILES string of the molecule is Cc1ccccc1.I.c1ccccc1. The van der Waals surface area contributed by atoms with Gasteiger partial charge in [-0.15, -0.1) is 24.0 Å². The fourth-order valence-electron chi connectivity index (χ4n) is 0.919. The van der Waals surface area contributed by atoms with Crippen LogP contribution in [0.25, 0.3) is 0 Å². The van der Waals surface area contributed by atoms with E-state index in [0.29, 0.717) is 0 Å². The molecular weight excluding hydrogens is 283 g/mol. The lowest BCUT2D eigenvalue weighted by atomic mass is 10.2. The smallest absolute Gasteiger partial charge is 0.0398 e. The van der Waals surface area contributed by atoms with Gasteiger partial charge in [0.15, 0.2) is 0 Å². The Balaban J connectivity index is 0.000000227. The second-order valence-electron chi connectivity index (χ2n) is 2.81. The van der Waals surface area contributed by atoms with Gasteiger partial charge in [0.05, 0.1) is 0 Å². The van der Waals surface area contributed by atoms with Gasteiger partial charge in [-0.2, -0.15) is 0 Å². The van der Waals surface area contributed by atoms with E-state index in [1.807, 2.05) is 54.6 Å². The highest BCUT2D eigenvalue weighted by molar-refractivity contribution is 14.0. The van der Waals surface area contributed by atoms with Crippen LogP contribution in [0.5, 0.6) is 0 Å². The highest BCUT2D eigenvalue weighted by atomic mass is 127. The zero-order chi connectivity index (χ0) is 9.36. The molecule has 0 aliphatic heterocycles. The van der Waals surface area contributed by atoms with Gasteiger partial charge in [0.25, 0.3) is 0 Å². The predicted molar refractivity (Wildman–Crippen MR) is 73.0 cm³/mol. The topological polar surface area (TPSA) is 0 Å². The summed E-state index contributed by atoms with van der Waals surface area (Å²) in [6.45, 7) is 2.08. The average molecular weight is 298 g/mol. The lowest BCUT2D eigenvalue weighted by Crippen LogP contribution is -1.62. The highest BCUT2D eigenvalue weighted by Gasteiger charge is 1.72. The van der Waals surface area contributed by atoms with Crippen LogP contribution in [0.15, 0.2) is 66.7 Å². The first-order valence-corrected chi connectivity index (χ1v) is 4.41. The number of halogens is 1. The Morgan fingerprint density at radius 1 is 0.571 bits per heavy atom. The van der Waals surface area contributed by atoms with Crippen LogP contribution in [0.2, 0.25) is 0 Å². The maximum absolute atomic E-state index is 2.08. The van der Waals surface area contributed by atoms with E-state index in [1.165, 1.54) is 5.56 Å². The third-order valence-corrected chi connectivity index (χ3v) is 1.61. The molecule has 0 nitrogen and oxygen atoms in total. The quantitative estimate of drug-likeness (QED) is 0.636. The van der Waals surface area contributed by atoms with Crippen LogP contribution in [-0.4, -0.2) is 0 Å². The Labute approximate surface area is 103 Å². The van der Waals surface area contributed by atoms with Gasteiger partial charge in [-0.1, -0.05) is 72.3 Å². The van der Waals surface area contributed by atoms with Crippen molar-refractivity contribution >= 4 is 24.0 Å². The lowest BCUT2D eigenvalue weighted by molar-refractivity contribution is 1.48. The van der Waals surface area contributed by atoms with Crippen LogP contribution in [-0.2, 0) is 0 Å². The molecule has 0 fully saturated rings. The Kier molecular flexibility index (Phi) is 8.24. The normalized spacial score (nSPS) is 7.79. The summed E-state index contributed by atoms with van der Waals surface area (Å²) in [5, 5.41) is 0. The number of hydrogen-bond acceptors (Lipinski definition) is 0. The van der Waals surface area contributed by atoms with Gasteiger partial charge in [0.1, 0.15) is 0 Å². The van der Waals surface area contributed by atoms with Crippen LogP contribution in [0.3, 0.4) is 0 Å². The van der Waals surface area contributed by atoms with E-state index in [0.717, 1.165) is 0 Å². The van der Waals surface area contributed by atoms with Gasteiger partial charge in [-0.3, -0.25) is 0 Å². The molecule has 0 saturated heterocycles. The van der Waals surface area contributed by atoms with Gasteiger partial charge in [0, 0.05) is 0 Å². The van der Waals surface area contributed by atoms with Crippen molar-refractivity contribution in [3.8, 4) is 0 Å². The molecule has 0 aliphatic carbocycles. The minimum Gasteiger partial charge on any atom is -0.107 e. The molecule has 2 aromatic carbocycles. The number of hydrogen-bond donors (Lipinski definition) is 0. The second-order valence-corrected chi connectivity index (χ2v) is 2.81. The van der Waals surface area contributed by atoms with Crippen LogP contribution < -0.4 is 0 Å². The molecule has 0 radical (unpaired) electrons. The Hall–Kier alpha value is -0.830. The first-order valence-electron chi connectivity index (χ1n) is 4.41. The maximum atomic E-state index is 2.08. The first kappa shape index (κ1) is 13.2. The molecule has 0 spiro atoms. The van der Waals surface area contributed by atoms with Crippen molar-refractivity contribution in [3.05, 3.63) is 72.3 Å². The standard InChI is InChI=1S/C7H8.C6H6.HI/c1-7-5-3-2-4-6-7;1-2-4-6-5-3-1;/h2-6H,1H3;1-6H;1H. The van der Waals surface area contributed by atoms with E-state index in [9.17, 15) is 0 Å². The fraction of sp³-hybridized carbons (Fsp3) is 0.0769. The number of rotatable bonds is 0. The highest BCUT2D eigenvalue weighted by Crippen LogP contribution is 1.92. The van der Waals surface area contributed by atoms with Gasteiger partial charge in [0.2, 0.25) is 0 Å². The zero-order valence-electron chi connectivity index (χ0n) is 8.26. The molecule has 0 bridgehead atoms. The summed E-state index contributed by atoms with van der Waals surface area (Å²) in [7, 11) is 0. The van der Waals surface area contributed by atoms with Crippen LogP contribution >= 0.6 is 24.0 Å². The van der Waals surface area contributed by atoms with Crippen LogP contribution in [0, 0.1) is 6.92 Å². The molecule has 2 rings (SSSR count). The van der Waals surface area contributed by atoms with Crippen molar-refractivity contribution in [2.45, 2.75) is 6.92 Å². The van der Waals surface area contributed by atoms with Gasteiger partial charge < -0.3 is 0 Å². The largest absolute Gasteiger partial charge is 0.107 e. The van der Waals surface area contributed by atoms with E-state index in [2.05, 4.69) is 19.1 Å². The maximum Gasteiger partial charge on any atom is -0.0398 e. The molecule has 0 heterocycles. The predicted octanol–water partition coefficient (Wildman–Crippen LogP) is 4.30. The molecule has 74 valence electrons. The molecule has 0 aromatic heterocycles. The molecular formula is C13H15I. The van der Waals surface area contributed by atoms with E-state index in [4.69, 9.17) is 0 Å². The third-order valence-electron chi connectivity index (χ3n) is 1.61. The summed E-state index contributed by atoms with van der Waals surface area (Å²) in [6.07, 6.45) is 0. The summed E-state index contributed by atoms with van der Waals surface area (Å²) < 4.78 is 0. The second kappa shape index (κ2) is 8.75. The minimum absolute atomic E-state index is 0. The molecule has 0 atom stereocenters. The summed E-state index contributed by atoms with van der Waals surface area (Å²) in [5.74, 6) is 0. The summed E-state index contributed by atoms with van der Waals surface area (Å²) in [4.78, 5) is 0. The van der Waals surface area contributed by atoms with Crippen LogP contribution in [0.1, 0.15) is 5.56 Å². The molecule has 0 N–H and O–H groups in total. The molecule has 14 heavy (non-hydrogen) atoms. The van der Waals surface area contributed by atoms with E-state index < -0.39 is 0 Å². The van der Waals surface area contributed by atoms with Gasteiger partial charge in [-0.25, -0.2) is 0 Å². The third kappa shape index (κ3) is 6.66. The van der Waals surface area contributed by atoms with Crippen LogP contribution in [0.4, 0.5) is 0 Å². The van der Waals surface area contributed by atoms with Crippen molar-refractivity contribution < 1.29 is 0 Å². The molecule has 0 saturated carbocycles. The monoisotopic (exact) mass is 298 g/mol. The lowest BCUT2D eigenvalue weighted by Gasteiger charge is -1.82. The van der Waals surface area contributed by atoms with Crippen molar-refractivity contribution in [3.63, 3.8) is 0 Å². The van der Waals surface area contributed by atoms with Gasteiger partial charge in [-0.05, 0) is 6.92 Å². The first-order chi connectivity index (χ1) is 6.39. The molecule has 2 aromatic rings. The van der Waals surface area contributed by atoms with Crippen molar-refractivity contribution in [1.82, 2.24) is 0 Å². The molecule has 0 unspecified atom stereocenters. The van der Waals surface area contributed by atoms with E-state index in [-0.39, 0.29) is 24.0 Å². The average Bonchev–Trinajstić information content (AvgIpc) is 2.22. The van der Waals surface area contributed by atoms with Crippen molar-refractivity contribution in [2.75, 3.05) is 0 Å². The van der Waals surface area contributed by atoms with E-state index >= 15 is 0 Å². The summed E-state index contributed by atoms with van der Waals surface area (Å²) >= 11 is 0. The van der Waals surface area contributed by atoms with Gasteiger partial charge >= 0.3 is 0 Å². The summed E-state index contributed by atoms with van der Waals surface area (Å²) in [5.41, 5.74) is 1.32. The number of benzene rings is 2. The van der Waals surface area contributed by atoms with Crippen molar-refractivity contribution in [1.29, 1.82) is 0 Å². The minimum atomic E-state index is 0. The zero-order valence-corrected chi connectivity index (χ0v) is 10.6. The molecule has 1 heteroatoms. The van der Waals surface area contributed by atoms with Crippen molar-refractivity contribution in [2.24, 2.45) is 0 Å². The number of aryl methyl sites for hydroxylation is 1. The molecule has 0 amide bonds. The van der Waals surface area contributed by atoms with E-state index in [1.54, 1.807) is 0 Å².